The Kier molecular flexibility index (Phi) is 6.55. The van der Waals surface area contributed by atoms with Crippen LogP contribution in [-0.4, -0.2) is 5.97 Å². The minimum absolute atomic E-state index is 0.972. The standard InChI is InChI=1S/C10H12O2/c1-2-3-4-5-6-7-8-9-10(11)12/h2-9H,1H3,(H,11,12)/p-1/b3-2+,5-4+,7-6+,9-8+. The SMILES string of the molecule is C/C=C/C=C/C=C/C=C/C(=O)[O-]. The summed E-state index contributed by atoms with van der Waals surface area (Å²) in [6.07, 6.45) is 13.2. The summed E-state index contributed by atoms with van der Waals surface area (Å²) in [5.74, 6) is -1.18. The Balaban J connectivity index is 3.70. The molecule has 0 aromatic rings. The lowest BCUT2D eigenvalue weighted by Crippen LogP contribution is -2.18. The number of carboxylic acids is 1. The number of hydrogen-bond acceptors (Lipinski definition) is 2. The van der Waals surface area contributed by atoms with E-state index < -0.39 is 5.97 Å². The van der Waals surface area contributed by atoms with Crippen molar-refractivity contribution in [3.8, 4) is 0 Å². The molecule has 12 heavy (non-hydrogen) atoms. The predicted octanol–water partition coefficient (Wildman–Crippen LogP) is 0.981. The van der Waals surface area contributed by atoms with Crippen LogP contribution in [0.5, 0.6) is 0 Å². The van der Waals surface area contributed by atoms with Crippen LogP contribution in [0, 0.1) is 0 Å². The van der Waals surface area contributed by atoms with Crippen LogP contribution in [0.25, 0.3) is 0 Å². The topological polar surface area (TPSA) is 40.1 Å². The van der Waals surface area contributed by atoms with E-state index >= 15 is 0 Å². The van der Waals surface area contributed by atoms with Gasteiger partial charge in [0.15, 0.2) is 0 Å². The van der Waals surface area contributed by atoms with Gasteiger partial charge in [-0.2, -0.15) is 0 Å². The molecule has 0 saturated heterocycles. The second kappa shape index (κ2) is 7.54. The van der Waals surface area contributed by atoms with Gasteiger partial charge in [0.05, 0.1) is 5.97 Å². The first-order valence-electron chi connectivity index (χ1n) is 3.61. The highest BCUT2D eigenvalue weighted by molar-refractivity contribution is 5.77. The average Bonchev–Trinajstić information content (AvgIpc) is 2.02. The lowest BCUT2D eigenvalue weighted by atomic mass is 10.4. The maximum absolute atomic E-state index is 9.87. The highest BCUT2D eigenvalue weighted by Crippen LogP contribution is 1.81. The molecule has 0 saturated carbocycles. The maximum atomic E-state index is 9.87. The van der Waals surface area contributed by atoms with Crippen molar-refractivity contribution >= 4 is 5.97 Å². The molecule has 0 fully saturated rings. The van der Waals surface area contributed by atoms with Crippen molar-refractivity contribution in [3.63, 3.8) is 0 Å². The summed E-state index contributed by atoms with van der Waals surface area (Å²) >= 11 is 0. The third kappa shape index (κ3) is 8.43. The Morgan fingerprint density at radius 3 is 2.00 bits per heavy atom. The molecule has 0 spiro atoms. The first-order valence-corrected chi connectivity index (χ1v) is 3.61. The number of aliphatic carboxylic acids is 1. The molecular weight excluding hydrogens is 152 g/mol. The van der Waals surface area contributed by atoms with E-state index in [-0.39, 0.29) is 0 Å². The summed E-state index contributed by atoms with van der Waals surface area (Å²) in [5.41, 5.74) is 0. The summed E-state index contributed by atoms with van der Waals surface area (Å²) in [6.45, 7) is 1.92. The Labute approximate surface area is 72.2 Å². The molecule has 2 heteroatoms. The van der Waals surface area contributed by atoms with Crippen molar-refractivity contribution in [1.82, 2.24) is 0 Å². The number of rotatable bonds is 4. The van der Waals surface area contributed by atoms with Crippen molar-refractivity contribution in [1.29, 1.82) is 0 Å². The van der Waals surface area contributed by atoms with Crippen molar-refractivity contribution in [2.24, 2.45) is 0 Å². The summed E-state index contributed by atoms with van der Waals surface area (Å²) in [5, 5.41) is 9.87. The minimum Gasteiger partial charge on any atom is -0.545 e. The number of allylic oxidation sites excluding steroid dienone is 7. The van der Waals surface area contributed by atoms with Gasteiger partial charge in [-0.1, -0.05) is 42.5 Å². The third-order valence-corrected chi connectivity index (χ3v) is 0.980. The molecule has 64 valence electrons. The molecule has 2 nitrogen and oxygen atoms in total. The molecule has 0 amide bonds. The van der Waals surface area contributed by atoms with Gasteiger partial charge >= 0.3 is 0 Å². The van der Waals surface area contributed by atoms with Crippen molar-refractivity contribution in [2.45, 2.75) is 6.92 Å². The summed E-state index contributed by atoms with van der Waals surface area (Å²) in [4.78, 5) is 9.87. The van der Waals surface area contributed by atoms with Crippen LogP contribution in [0.3, 0.4) is 0 Å². The monoisotopic (exact) mass is 163 g/mol. The minimum atomic E-state index is -1.18. The summed E-state index contributed by atoms with van der Waals surface area (Å²) < 4.78 is 0. The van der Waals surface area contributed by atoms with Gasteiger partial charge in [0.1, 0.15) is 0 Å². The Bertz CT molecular complexity index is 232. The second-order valence-corrected chi connectivity index (χ2v) is 1.97. The number of carbonyl (C=O) groups excluding carboxylic acids is 1. The fourth-order valence-corrected chi connectivity index (χ4v) is 0.502. The largest absolute Gasteiger partial charge is 0.545 e. The molecule has 0 aliphatic heterocycles. The first-order chi connectivity index (χ1) is 5.77. The van der Waals surface area contributed by atoms with Gasteiger partial charge < -0.3 is 9.90 Å². The maximum Gasteiger partial charge on any atom is 0.0642 e. The van der Waals surface area contributed by atoms with E-state index in [2.05, 4.69) is 0 Å². The van der Waals surface area contributed by atoms with Crippen molar-refractivity contribution < 1.29 is 9.90 Å². The fraction of sp³-hybridized carbons (Fsp3) is 0.100. The van der Waals surface area contributed by atoms with Gasteiger partial charge in [-0.05, 0) is 13.0 Å². The lowest BCUT2D eigenvalue weighted by Gasteiger charge is -1.85. The lowest BCUT2D eigenvalue weighted by molar-refractivity contribution is -0.297. The van der Waals surface area contributed by atoms with Crippen molar-refractivity contribution in [2.75, 3.05) is 0 Å². The Morgan fingerprint density at radius 2 is 1.50 bits per heavy atom. The number of carbonyl (C=O) groups is 1. The van der Waals surface area contributed by atoms with Gasteiger partial charge in [0.2, 0.25) is 0 Å². The predicted molar refractivity (Wildman–Crippen MR) is 47.2 cm³/mol. The highest BCUT2D eigenvalue weighted by Gasteiger charge is 1.66. The zero-order chi connectivity index (χ0) is 9.23. The average molecular weight is 163 g/mol. The first kappa shape index (κ1) is 10.4. The third-order valence-electron chi connectivity index (χ3n) is 0.980. The molecule has 0 aromatic heterocycles. The molecule has 0 aromatic carbocycles. The highest BCUT2D eigenvalue weighted by atomic mass is 16.4. The van der Waals surface area contributed by atoms with Gasteiger partial charge in [-0.25, -0.2) is 0 Å². The molecule has 0 atom stereocenters. The van der Waals surface area contributed by atoms with E-state index in [4.69, 9.17) is 0 Å². The molecule has 0 N–H and O–H groups in total. The van der Waals surface area contributed by atoms with Gasteiger partial charge in [-0.15, -0.1) is 0 Å². The molecule has 0 bridgehead atoms. The van der Waals surface area contributed by atoms with E-state index in [0.717, 1.165) is 6.08 Å². The van der Waals surface area contributed by atoms with E-state index in [1.165, 1.54) is 6.08 Å². The Morgan fingerprint density at radius 1 is 1.00 bits per heavy atom. The van der Waals surface area contributed by atoms with Gasteiger partial charge in [0.25, 0.3) is 0 Å². The molecular formula is C10H11O2-. The van der Waals surface area contributed by atoms with Crippen molar-refractivity contribution in [3.05, 3.63) is 48.6 Å². The van der Waals surface area contributed by atoms with Crippen LogP contribution >= 0.6 is 0 Å². The van der Waals surface area contributed by atoms with Crippen LogP contribution in [0.15, 0.2) is 48.6 Å². The van der Waals surface area contributed by atoms with Crippen LogP contribution < -0.4 is 5.11 Å². The van der Waals surface area contributed by atoms with Crippen LogP contribution in [0.1, 0.15) is 6.92 Å². The van der Waals surface area contributed by atoms with Crippen LogP contribution in [-0.2, 0) is 4.79 Å². The van der Waals surface area contributed by atoms with Crippen LogP contribution in [0.4, 0.5) is 0 Å². The van der Waals surface area contributed by atoms with E-state index in [0.29, 0.717) is 0 Å². The number of carboxylic acid groups (broad SMARTS) is 1. The zero-order valence-electron chi connectivity index (χ0n) is 6.94. The van der Waals surface area contributed by atoms with E-state index in [1.807, 2.05) is 25.2 Å². The summed E-state index contributed by atoms with van der Waals surface area (Å²) in [7, 11) is 0. The van der Waals surface area contributed by atoms with Gasteiger partial charge in [-0.3, -0.25) is 0 Å². The van der Waals surface area contributed by atoms with E-state index in [1.54, 1.807) is 18.2 Å². The van der Waals surface area contributed by atoms with E-state index in [9.17, 15) is 9.90 Å². The summed E-state index contributed by atoms with van der Waals surface area (Å²) in [6, 6.07) is 0. The Hall–Kier alpha value is -1.57. The second-order valence-electron chi connectivity index (χ2n) is 1.97. The quantitative estimate of drug-likeness (QED) is 0.458. The normalized spacial score (nSPS) is 12.8. The molecule has 0 aliphatic carbocycles. The van der Waals surface area contributed by atoms with Gasteiger partial charge in [0, 0.05) is 0 Å². The molecule has 0 unspecified atom stereocenters. The fourth-order valence-electron chi connectivity index (χ4n) is 0.502. The smallest absolute Gasteiger partial charge is 0.0642 e. The molecule has 0 rings (SSSR count). The molecule has 0 heterocycles. The molecule has 0 aliphatic rings. The molecule has 0 radical (unpaired) electrons. The zero-order valence-corrected chi connectivity index (χ0v) is 6.94. The number of hydrogen-bond donors (Lipinski definition) is 0. The van der Waals surface area contributed by atoms with Crippen LogP contribution in [0.2, 0.25) is 0 Å².